The zero-order valence-electron chi connectivity index (χ0n) is 21.8. The number of rotatable bonds is 6. The Labute approximate surface area is 217 Å². The summed E-state index contributed by atoms with van der Waals surface area (Å²) in [6, 6.07) is 17.3. The number of hydrogen-bond acceptors (Lipinski definition) is 4. The van der Waals surface area contributed by atoms with Crippen LogP contribution in [0.4, 0.5) is 10.1 Å². The van der Waals surface area contributed by atoms with Crippen molar-refractivity contribution in [2.75, 3.05) is 11.5 Å². The van der Waals surface area contributed by atoms with E-state index in [1.165, 1.54) is 29.2 Å². The molecule has 0 bridgehead atoms. The number of amides is 1. The second kappa shape index (κ2) is 10.2. The van der Waals surface area contributed by atoms with Crippen LogP contribution >= 0.6 is 0 Å². The van der Waals surface area contributed by atoms with Crippen LogP contribution in [0.3, 0.4) is 0 Å². The van der Waals surface area contributed by atoms with Crippen LogP contribution in [0.1, 0.15) is 62.9 Å². The average Bonchev–Trinajstić information content (AvgIpc) is 3.14. The van der Waals surface area contributed by atoms with Gasteiger partial charge < -0.3 is 9.84 Å². The molecule has 0 aliphatic carbocycles. The molecular formula is C31H32FNO4. The Hall–Kier alpha value is -3.93. The number of halogens is 1. The van der Waals surface area contributed by atoms with Crippen molar-refractivity contribution in [3.8, 4) is 5.75 Å². The van der Waals surface area contributed by atoms with Gasteiger partial charge in [-0.15, -0.1) is 0 Å². The number of anilines is 1. The van der Waals surface area contributed by atoms with Gasteiger partial charge in [-0.1, -0.05) is 52.0 Å². The normalized spacial score (nSPS) is 17.4. The topological polar surface area (TPSA) is 66.8 Å². The van der Waals surface area contributed by atoms with E-state index in [1.807, 2.05) is 46.8 Å². The van der Waals surface area contributed by atoms with Crippen molar-refractivity contribution in [3.05, 3.63) is 100 Å². The summed E-state index contributed by atoms with van der Waals surface area (Å²) in [4.78, 5) is 28.2. The zero-order valence-corrected chi connectivity index (χ0v) is 21.8. The van der Waals surface area contributed by atoms with E-state index in [9.17, 15) is 19.1 Å². The van der Waals surface area contributed by atoms with Crippen molar-refractivity contribution in [3.63, 3.8) is 0 Å². The molecule has 0 spiro atoms. The number of aliphatic hydroxyl groups is 1. The second-order valence-corrected chi connectivity index (χ2v) is 10.1. The number of aryl methyl sites for hydroxylation is 1. The van der Waals surface area contributed by atoms with Crippen molar-refractivity contribution in [2.45, 2.75) is 52.5 Å². The van der Waals surface area contributed by atoms with E-state index >= 15 is 0 Å². The number of carbonyl (C=O) groups excluding carboxylic acids is 2. The van der Waals surface area contributed by atoms with Crippen LogP contribution < -0.4 is 9.64 Å². The predicted molar refractivity (Wildman–Crippen MR) is 143 cm³/mol. The fraction of sp³-hybridized carbons (Fsp3) is 0.290. The second-order valence-electron chi connectivity index (χ2n) is 10.1. The number of aliphatic hydroxyl groups excluding tert-OH is 1. The van der Waals surface area contributed by atoms with Crippen LogP contribution in [-0.2, 0) is 21.4 Å². The highest BCUT2D eigenvalue weighted by Gasteiger charge is 2.47. The van der Waals surface area contributed by atoms with E-state index in [-0.39, 0.29) is 16.7 Å². The summed E-state index contributed by atoms with van der Waals surface area (Å²) in [6.45, 7) is 10.5. The number of Topliss-reactive ketones (excluding diaryl/α,β-unsaturated/α-hetero) is 1. The Balaban J connectivity index is 1.93. The van der Waals surface area contributed by atoms with Crippen LogP contribution in [0.2, 0.25) is 0 Å². The maximum absolute atomic E-state index is 13.8. The molecule has 1 atom stereocenters. The average molecular weight is 502 g/mol. The summed E-state index contributed by atoms with van der Waals surface area (Å²) in [5, 5.41) is 11.5. The highest BCUT2D eigenvalue weighted by atomic mass is 19.1. The molecule has 1 fully saturated rings. The fourth-order valence-electron chi connectivity index (χ4n) is 4.65. The molecule has 3 aromatic carbocycles. The van der Waals surface area contributed by atoms with E-state index in [1.54, 1.807) is 30.3 Å². The third-order valence-corrected chi connectivity index (χ3v) is 6.61. The maximum atomic E-state index is 13.8. The van der Waals surface area contributed by atoms with Crippen molar-refractivity contribution in [1.29, 1.82) is 0 Å². The Morgan fingerprint density at radius 3 is 2.19 bits per heavy atom. The monoisotopic (exact) mass is 501 g/mol. The molecular weight excluding hydrogens is 469 g/mol. The zero-order chi connectivity index (χ0) is 26.9. The van der Waals surface area contributed by atoms with Gasteiger partial charge >= 0.3 is 0 Å². The highest BCUT2D eigenvalue weighted by Crippen LogP contribution is 2.43. The van der Waals surface area contributed by atoms with E-state index < -0.39 is 23.5 Å². The van der Waals surface area contributed by atoms with Gasteiger partial charge in [0.2, 0.25) is 0 Å². The van der Waals surface area contributed by atoms with Crippen LogP contribution in [0.15, 0.2) is 72.3 Å². The standard InChI is InChI=1S/C31H32FNO4/c1-6-19-8-15-23(16-9-19)33-27(20-10-13-22(32)14-11-20)26(29(35)30(33)36)28(34)21-12-17-25(37-7-2)24(18-21)31(3,4)5/h8-18,27,34H,6-7H2,1-5H3/b28-26-. The van der Waals surface area contributed by atoms with E-state index in [4.69, 9.17) is 4.74 Å². The third kappa shape index (κ3) is 5.01. The van der Waals surface area contributed by atoms with Crippen LogP contribution in [0.25, 0.3) is 5.76 Å². The van der Waals surface area contributed by atoms with Crippen molar-refractivity contribution in [1.82, 2.24) is 0 Å². The van der Waals surface area contributed by atoms with E-state index in [2.05, 4.69) is 0 Å². The number of carbonyl (C=O) groups is 2. The Morgan fingerprint density at radius 2 is 1.62 bits per heavy atom. The van der Waals surface area contributed by atoms with Crippen molar-refractivity contribution >= 4 is 23.1 Å². The molecule has 192 valence electrons. The lowest BCUT2D eigenvalue weighted by molar-refractivity contribution is -0.132. The molecule has 1 saturated heterocycles. The summed E-state index contributed by atoms with van der Waals surface area (Å²) in [5.74, 6) is -1.57. The molecule has 6 heteroatoms. The number of benzene rings is 3. The first-order valence-electron chi connectivity index (χ1n) is 12.5. The molecule has 0 aromatic heterocycles. The first-order valence-corrected chi connectivity index (χ1v) is 12.5. The molecule has 1 aliphatic rings. The number of hydrogen-bond donors (Lipinski definition) is 1. The molecule has 3 aromatic rings. The molecule has 1 heterocycles. The molecule has 4 rings (SSSR count). The SMILES string of the molecule is CCOc1ccc(/C(O)=C2/C(=O)C(=O)N(c3ccc(CC)cc3)C2c2ccc(F)cc2)cc1C(C)(C)C. The molecule has 0 radical (unpaired) electrons. The van der Waals surface area contributed by atoms with E-state index in [0.29, 0.717) is 29.2 Å². The van der Waals surface area contributed by atoms with Gasteiger partial charge in [0, 0.05) is 16.8 Å². The first-order chi connectivity index (χ1) is 17.6. The lowest BCUT2D eigenvalue weighted by Gasteiger charge is -2.26. The molecule has 37 heavy (non-hydrogen) atoms. The third-order valence-electron chi connectivity index (χ3n) is 6.61. The van der Waals surface area contributed by atoms with Gasteiger partial charge in [0.15, 0.2) is 0 Å². The van der Waals surface area contributed by atoms with Crippen molar-refractivity contribution < 1.29 is 23.8 Å². The van der Waals surface area contributed by atoms with Gasteiger partial charge in [0.25, 0.3) is 11.7 Å². The Bertz CT molecular complexity index is 1350. The van der Waals surface area contributed by atoms with Crippen LogP contribution in [0, 0.1) is 5.82 Å². The number of nitrogens with zero attached hydrogens (tertiary/aromatic N) is 1. The fourth-order valence-corrected chi connectivity index (χ4v) is 4.65. The van der Waals surface area contributed by atoms with Gasteiger partial charge in [-0.2, -0.15) is 0 Å². The first kappa shape index (κ1) is 26.1. The molecule has 1 unspecified atom stereocenters. The van der Waals surface area contributed by atoms with Crippen molar-refractivity contribution in [2.24, 2.45) is 0 Å². The summed E-state index contributed by atoms with van der Waals surface area (Å²) < 4.78 is 19.6. The van der Waals surface area contributed by atoms with Gasteiger partial charge in [-0.3, -0.25) is 14.5 Å². The Morgan fingerprint density at radius 1 is 0.973 bits per heavy atom. The predicted octanol–water partition coefficient (Wildman–Crippen LogP) is 6.71. The molecule has 1 aliphatic heterocycles. The minimum absolute atomic E-state index is 0.0415. The highest BCUT2D eigenvalue weighted by molar-refractivity contribution is 6.51. The molecule has 0 saturated carbocycles. The number of ketones is 1. The summed E-state index contributed by atoms with van der Waals surface area (Å²) in [6.07, 6.45) is 0.828. The lowest BCUT2D eigenvalue weighted by Crippen LogP contribution is -2.29. The smallest absolute Gasteiger partial charge is 0.300 e. The molecule has 5 nitrogen and oxygen atoms in total. The summed E-state index contributed by atoms with van der Waals surface area (Å²) >= 11 is 0. The maximum Gasteiger partial charge on any atom is 0.300 e. The van der Waals surface area contributed by atoms with Crippen LogP contribution in [-0.4, -0.2) is 23.4 Å². The van der Waals surface area contributed by atoms with Gasteiger partial charge in [0.1, 0.15) is 17.3 Å². The quantitative estimate of drug-likeness (QED) is 0.232. The minimum atomic E-state index is -0.919. The van der Waals surface area contributed by atoms with Gasteiger partial charge in [-0.25, -0.2) is 4.39 Å². The minimum Gasteiger partial charge on any atom is -0.507 e. The van der Waals surface area contributed by atoms with E-state index in [0.717, 1.165) is 17.5 Å². The largest absolute Gasteiger partial charge is 0.507 e. The van der Waals surface area contributed by atoms with Gasteiger partial charge in [-0.05, 0) is 72.4 Å². The lowest BCUT2D eigenvalue weighted by atomic mass is 9.84. The van der Waals surface area contributed by atoms with Crippen LogP contribution in [0.5, 0.6) is 5.75 Å². The Kier molecular flexibility index (Phi) is 7.21. The summed E-state index contributed by atoms with van der Waals surface area (Å²) in [5.41, 5.74) is 3.05. The number of ether oxygens (including phenoxy) is 1. The molecule has 1 N–H and O–H groups in total. The molecule has 1 amide bonds. The summed E-state index contributed by atoms with van der Waals surface area (Å²) in [7, 11) is 0. The van der Waals surface area contributed by atoms with Gasteiger partial charge in [0.05, 0.1) is 18.2 Å².